The number of hydrogen-bond acceptors (Lipinski definition) is 3. The Balaban J connectivity index is 3.07. The van der Waals surface area contributed by atoms with E-state index in [1.807, 2.05) is 0 Å². The first-order valence-corrected chi connectivity index (χ1v) is 11.8. The molecular weight excluding hydrogens is 336 g/mol. The van der Waals surface area contributed by atoms with E-state index in [1.54, 1.807) is 0 Å². The van der Waals surface area contributed by atoms with Crippen LogP contribution in [0.25, 0.3) is 0 Å². The van der Waals surface area contributed by atoms with Gasteiger partial charge in [0.15, 0.2) is 0 Å². The molecule has 0 bridgehead atoms. The van der Waals surface area contributed by atoms with Gasteiger partial charge in [-0.15, -0.1) is 0 Å². The van der Waals surface area contributed by atoms with Crippen molar-refractivity contribution in [2.45, 2.75) is 135 Å². The van der Waals surface area contributed by atoms with E-state index < -0.39 is 5.97 Å². The summed E-state index contributed by atoms with van der Waals surface area (Å²) in [6.45, 7) is 2.28. The highest BCUT2D eigenvalue weighted by atomic mass is 17.1. The van der Waals surface area contributed by atoms with Crippen molar-refractivity contribution in [1.29, 1.82) is 0 Å². The minimum atomic E-state index is -0.541. The zero-order chi connectivity index (χ0) is 19.8. The van der Waals surface area contributed by atoms with Gasteiger partial charge in [-0.2, -0.15) is 5.26 Å². The molecular formula is C24H46O3. The summed E-state index contributed by atoms with van der Waals surface area (Å²) in [5, 5.41) is 8.13. The second kappa shape index (κ2) is 23.2. The van der Waals surface area contributed by atoms with E-state index in [0.717, 1.165) is 19.3 Å². The smallest absolute Gasteiger partial charge is 0.301 e. The topological polar surface area (TPSA) is 46.5 Å². The summed E-state index contributed by atoms with van der Waals surface area (Å²) < 4.78 is 0. The van der Waals surface area contributed by atoms with Gasteiger partial charge in [0, 0.05) is 6.42 Å². The highest BCUT2D eigenvalue weighted by molar-refractivity contribution is 5.68. The van der Waals surface area contributed by atoms with Crippen LogP contribution in [0.5, 0.6) is 0 Å². The third-order valence-corrected chi connectivity index (χ3v) is 5.24. The fraction of sp³-hybridized carbons (Fsp3) is 0.875. The molecule has 0 saturated heterocycles. The lowest BCUT2D eigenvalue weighted by Gasteiger charge is -2.03. The number of unbranched alkanes of at least 4 members (excludes halogenated alkanes) is 17. The van der Waals surface area contributed by atoms with Crippen molar-refractivity contribution in [2.75, 3.05) is 0 Å². The molecule has 0 unspecified atom stereocenters. The Morgan fingerprint density at radius 3 is 1.41 bits per heavy atom. The van der Waals surface area contributed by atoms with Crippen LogP contribution >= 0.6 is 0 Å². The van der Waals surface area contributed by atoms with Gasteiger partial charge in [-0.05, 0) is 25.7 Å². The van der Waals surface area contributed by atoms with E-state index in [-0.39, 0.29) is 0 Å². The van der Waals surface area contributed by atoms with Crippen molar-refractivity contribution in [2.24, 2.45) is 0 Å². The van der Waals surface area contributed by atoms with Gasteiger partial charge >= 0.3 is 5.97 Å². The van der Waals surface area contributed by atoms with Crippen LogP contribution in [0.2, 0.25) is 0 Å². The first kappa shape index (κ1) is 26.2. The van der Waals surface area contributed by atoms with Gasteiger partial charge in [-0.3, -0.25) is 0 Å². The van der Waals surface area contributed by atoms with E-state index in [4.69, 9.17) is 5.26 Å². The highest BCUT2D eigenvalue weighted by Gasteiger charge is 1.99. The van der Waals surface area contributed by atoms with Crippen molar-refractivity contribution in [3.63, 3.8) is 0 Å². The molecule has 3 nitrogen and oxygen atoms in total. The van der Waals surface area contributed by atoms with Crippen LogP contribution in [0.1, 0.15) is 135 Å². The normalized spacial score (nSPS) is 11.3. The zero-order valence-electron chi connectivity index (χ0n) is 18.1. The quantitative estimate of drug-likeness (QED) is 0.0938. The van der Waals surface area contributed by atoms with Crippen molar-refractivity contribution < 1.29 is 14.9 Å². The second-order valence-corrected chi connectivity index (χ2v) is 7.92. The Morgan fingerprint density at radius 2 is 1.00 bits per heavy atom. The first-order chi connectivity index (χ1) is 13.3. The number of allylic oxidation sites excluding steroid dienone is 2. The molecule has 0 atom stereocenters. The number of carbonyl (C=O) groups is 1. The summed E-state index contributed by atoms with van der Waals surface area (Å²) in [7, 11) is 0. The fourth-order valence-electron chi connectivity index (χ4n) is 3.46. The minimum absolute atomic E-state index is 0.292. The molecule has 1 N–H and O–H groups in total. The summed E-state index contributed by atoms with van der Waals surface area (Å²) in [5.41, 5.74) is 0. The van der Waals surface area contributed by atoms with Gasteiger partial charge in [0.25, 0.3) is 0 Å². The molecule has 0 amide bonds. The molecule has 0 aromatic heterocycles. The molecule has 0 aromatic carbocycles. The van der Waals surface area contributed by atoms with Crippen LogP contribution in [-0.4, -0.2) is 11.2 Å². The minimum Gasteiger partial charge on any atom is -0.301 e. The molecule has 0 radical (unpaired) electrons. The summed E-state index contributed by atoms with van der Waals surface area (Å²) in [5.74, 6) is -0.541. The van der Waals surface area contributed by atoms with Gasteiger partial charge in [-0.1, -0.05) is 115 Å². The van der Waals surface area contributed by atoms with Crippen LogP contribution in [0, 0.1) is 0 Å². The molecule has 0 aliphatic heterocycles. The van der Waals surface area contributed by atoms with Crippen LogP contribution in [0.15, 0.2) is 12.2 Å². The van der Waals surface area contributed by atoms with Crippen LogP contribution in [-0.2, 0) is 9.68 Å². The Bertz CT molecular complexity index is 326. The maximum atomic E-state index is 10.7. The van der Waals surface area contributed by atoms with Gasteiger partial charge in [0.1, 0.15) is 0 Å². The Kier molecular flexibility index (Phi) is 22.5. The van der Waals surface area contributed by atoms with Gasteiger partial charge in [0.2, 0.25) is 0 Å². The third kappa shape index (κ3) is 23.1. The zero-order valence-corrected chi connectivity index (χ0v) is 18.1. The SMILES string of the molecule is CCCCCCCCCCCCCCCCCCC=CCCCC(=O)OO. The lowest BCUT2D eigenvalue weighted by Crippen LogP contribution is -1.99. The Morgan fingerprint density at radius 1 is 0.630 bits per heavy atom. The number of hydrogen-bond donors (Lipinski definition) is 1. The molecule has 0 saturated carbocycles. The van der Waals surface area contributed by atoms with Crippen molar-refractivity contribution in [3.8, 4) is 0 Å². The Labute approximate surface area is 168 Å². The second-order valence-electron chi connectivity index (χ2n) is 7.92. The van der Waals surface area contributed by atoms with E-state index in [9.17, 15) is 4.79 Å². The molecule has 0 spiro atoms. The lowest BCUT2D eigenvalue weighted by atomic mass is 10.0. The van der Waals surface area contributed by atoms with E-state index in [1.165, 1.54) is 103 Å². The number of rotatable bonds is 21. The molecule has 0 aromatic rings. The average molecular weight is 383 g/mol. The average Bonchev–Trinajstić information content (AvgIpc) is 2.68. The van der Waals surface area contributed by atoms with Crippen molar-refractivity contribution in [3.05, 3.63) is 12.2 Å². The number of carbonyl (C=O) groups excluding carboxylic acids is 1. The third-order valence-electron chi connectivity index (χ3n) is 5.24. The standard InChI is InChI=1S/C24H46O3/c1-2-3-4-5-6-7-8-9-10-11-12-13-14-15-16-17-18-19-20-21-22-23-24(25)27-26/h19-20,26H,2-18,21-23H2,1H3. The van der Waals surface area contributed by atoms with Crippen molar-refractivity contribution >= 4 is 5.97 Å². The Hall–Kier alpha value is -0.830. The summed E-state index contributed by atoms with van der Waals surface area (Å²) in [4.78, 5) is 14.3. The highest BCUT2D eigenvalue weighted by Crippen LogP contribution is 2.14. The van der Waals surface area contributed by atoms with Gasteiger partial charge < -0.3 is 4.89 Å². The molecule has 27 heavy (non-hydrogen) atoms. The summed E-state index contributed by atoms with van der Waals surface area (Å²) >= 11 is 0. The first-order valence-electron chi connectivity index (χ1n) is 11.8. The van der Waals surface area contributed by atoms with E-state index >= 15 is 0 Å². The summed E-state index contributed by atoms with van der Waals surface area (Å²) in [6, 6.07) is 0. The lowest BCUT2D eigenvalue weighted by molar-refractivity contribution is -0.234. The molecule has 0 aliphatic carbocycles. The summed E-state index contributed by atoms with van der Waals surface area (Å²) in [6.07, 6.45) is 29.9. The molecule has 0 aliphatic rings. The van der Waals surface area contributed by atoms with Crippen LogP contribution in [0.3, 0.4) is 0 Å². The maximum absolute atomic E-state index is 10.7. The van der Waals surface area contributed by atoms with Gasteiger partial charge in [0.05, 0.1) is 0 Å². The maximum Gasteiger partial charge on any atom is 0.342 e. The largest absolute Gasteiger partial charge is 0.342 e. The van der Waals surface area contributed by atoms with E-state index in [0.29, 0.717) is 6.42 Å². The van der Waals surface area contributed by atoms with E-state index in [2.05, 4.69) is 24.0 Å². The molecule has 0 rings (SSSR count). The molecule has 3 heteroatoms. The monoisotopic (exact) mass is 382 g/mol. The predicted octanol–water partition coefficient (Wildman–Crippen LogP) is 8.38. The molecule has 0 fully saturated rings. The van der Waals surface area contributed by atoms with Crippen LogP contribution < -0.4 is 0 Å². The molecule has 0 heterocycles. The van der Waals surface area contributed by atoms with Gasteiger partial charge in [-0.25, -0.2) is 4.79 Å². The molecule has 160 valence electrons. The van der Waals surface area contributed by atoms with Crippen LogP contribution in [0.4, 0.5) is 0 Å². The van der Waals surface area contributed by atoms with Crippen molar-refractivity contribution in [1.82, 2.24) is 0 Å². The predicted molar refractivity (Wildman–Crippen MR) is 116 cm³/mol. The fourth-order valence-corrected chi connectivity index (χ4v) is 3.46.